The molecule has 0 aliphatic heterocycles. The van der Waals surface area contributed by atoms with Gasteiger partial charge in [0.1, 0.15) is 17.8 Å². The van der Waals surface area contributed by atoms with Gasteiger partial charge in [-0.25, -0.2) is 0 Å². The standard InChI is InChI=1S/C21H19N3O6S/c1-3-30-19(26)13-23-20-16(29-2)5-4-6-17(20)31-21(23)22-18(25)12-9-14-7-10-15(11-8-14)24(27)28/h4-12H,3,13H2,1-2H3/b12-9-,22-21?. The summed E-state index contributed by atoms with van der Waals surface area (Å²) in [6.07, 6.45) is 2.77. The van der Waals surface area contributed by atoms with E-state index in [1.807, 2.05) is 12.1 Å². The Morgan fingerprint density at radius 1 is 1.23 bits per heavy atom. The predicted octanol–water partition coefficient (Wildman–Crippen LogP) is 3.32. The molecule has 0 bridgehead atoms. The van der Waals surface area contributed by atoms with Gasteiger partial charge < -0.3 is 14.0 Å². The van der Waals surface area contributed by atoms with Gasteiger partial charge >= 0.3 is 5.97 Å². The first-order chi connectivity index (χ1) is 14.9. The lowest BCUT2D eigenvalue weighted by Gasteiger charge is -2.08. The van der Waals surface area contributed by atoms with E-state index in [2.05, 4.69) is 4.99 Å². The van der Waals surface area contributed by atoms with Gasteiger partial charge in [-0.05, 0) is 42.8 Å². The molecule has 3 rings (SSSR count). The summed E-state index contributed by atoms with van der Waals surface area (Å²) in [5.74, 6) is -0.446. The highest BCUT2D eigenvalue weighted by Crippen LogP contribution is 2.27. The summed E-state index contributed by atoms with van der Waals surface area (Å²) >= 11 is 1.25. The predicted molar refractivity (Wildman–Crippen MR) is 116 cm³/mol. The molecule has 0 N–H and O–H groups in total. The van der Waals surface area contributed by atoms with Gasteiger partial charge in [0.15, 0.2) is 4.80 Å². The first-order valence-corrected chi connectivity index (χ1v) is 10.1. The fourth-order valence-corrected chi connectivity index (χ4v) is 3.89. The maximum absolute atomic E-state index is 12.4. The van der Waals surface area contributed by atoms with Crippen LogP contribution in [0.5, 0.6) is 5.75 Å². The third-order valence-electron chi connectivity index (χ3n) is 4.20. The van der Waals surface area contributed by atoms with Crippen molar-refractivity contribution in [2.24, 2.45) is 4.99 Å². The van der Waals surface area contributed by atoms with Gasteiger partial charge in [-0.15, -0.1) is 0 Å². The molecule has 31 heavy (non-hydrogen) atoms. The molecule has 0 unspecified atom stereocenters. The molecule has 0 aliphatic rings. The highest BCUT2D eigenvalue weighted by Gasteiger charge is 2.15. The van der Waals surface area contributed by atoms with Crippen molar-refractivity contribution in [3.05, 3.63) is 69.0 Å². The molecule has 0 fully saturated rings. The molecule has 0 spiro atoms. The average molecular weight is 441 g/mol. The number of nitrogens with zero attached hydrogens (tertiary/aromatic N) is 3. The van der Waals surface area contributed by atoms with Crippen LogP contribution in [0.25, 0.3) is 16.3 Å². The summed E-state index contributed by atoms with van der Waals surface area (Å²) < 4.78 is 12.8. The number of para-hydroxylation sites is 1. The second-order valence-corrected chi connectivity index (χ2v) is 7.22. The van der Waals surface area contributed by atoms with Crippen LogP contribution in [-0.4, -0.2) is 35.1 Å². The minimum Gasteiger partial charge on any atom is -0.495 e. The van der Waals surface area contributed by atoms with Gasteiger partial charge in [-0.2, -0.15) is 4.99 Å². The Hall–Kier alpha value is -3.79. The van der Waals surface area contributed by atoms with Crippen molar-refractivity contribution in [2.75, 3.05) is 13.7 Å². The van der Waals surface area contributed by atoms with Crippen molar-refractivity contribution in [1.29, 1.82) is 0 Å². The number of ether oxygens (including phenoxy) is 2. The van der Waals surface area contributed by atoms with Gasteiger partial charge in [0.05, 0.1) is 23.3 Å². The lowest BCUT2D eigenvalue weighted by atomic mass is 10.2. The Morgan fingerprint density at radius 2 is 1.97 bits per heavy atom. The van der Waals surface area contributed by atoms with E-state index < -0.39 is 16.8 Å². The minimum atomic E-state index is -0.540. The number of amides is 1. The zero-order chi connectivity index (χ0) is 22.4. The Labute approximate surface area is 181 Å². The quantitative estimate of drug-likeness (QED) is 0.241. The lowest BCUT2D eigenvalue weighted by molar-refractivity contribution is -0.384. The fraction of sp³-hybridized carbons (Fsp3) is 0.190. The topological polar surface area (TPSA) is 113 Å². The number of carbonyl (C=O) groups is 2. The number of aromatic nitrogens is 1. The molecule has 1 amide bonds. The maximum atomic E-state index is 12.4. The van der Waals surface area contributed by atoms with Crippen LogP contribution in [0.4, 0.5) is 5.69 Å². The van der Waals surface area contributed by atoms with E-state index in [0.717, 1.165) is 4.70 Å². The largest absolute Gasteiger partial charge is 0.495 e. The molecular formula is C21H19N3O6S. The van der Waals surface area contributed by atoms with E-state index in [4.69, 9.17) is 9.47 Å². The van der Waals surface area contributed by atoms with E-state index in [9.17, 15) is 19.7 Å². The molecule has 0 radical (unpaired) electrons. The van der Waals surface area contributed by atoms with Crippen molar-refractivity contribution in [1.82, 2.24) is 4.57 Å². The highest BCUT2D eigenvalue weighted by molar-refractivity contribution is 7.16. The van der Waals surface area contributed by atoms with Crippen molar-refractivity contribution >= 4 is 45.2 Å². The lowest BCUT2D eigenvalue weighted by Crippen LogP contribution is -2.23. The van der Waals surface area contributed by atoms with E-state index in [1.165, 1.54) is 54.9 Å². The van der Waals surface area contributed by atoms with Gasteiger partial charge in [0.2, 0.25) is 0 Å². The number of methoxy groups -OCH3 is 1. The average Bonchev–Trinajstić information content (AvgIpc) is 3.09. The normalized spacial score (nSPS) is 11.7. The third-order valence-corrected chi connectivity index (χ3v) is 5.25. The molecule has 10 heteroatoms. The zero-order valence-corrected chi connectivity index (χ0v) is 17.6. The summed E-state index contributed by atoms with van der Waals surface area (Å²) in [5, 5.41) is 10.7. The van der Waals surface area contributed by atoms with E-state index in [0.29, 0.717) is 21.6 Å². The van der Waals surface area contributed by atoms with Crippen molar-refractivity contribution in [3.8, 4) is 5.75 Å². The van der Waals surface area contributed by atoms with Crippen LogP contribution in [0.1, 0.15) is 12.5 Å². The Balaban J connectivity index is 1.97. The monoisotopic (exact) mass is 441 g/mol. The summed E-state index contributed by atoms with van der Waals surface area (Å²) in [4.78, 5) is 39.2. The van der Waals surface area contributed by atoms with Crippen LogP contribution in [-0.2, 0) is 20.9 Å². The molecule has 0 saturated carbocycles. The third kappa shape index (κ3) is 5.23. The number of rotatable bonds is 7. The molecule has 1 heterocycles. The number of nitro benzene ring substituents is 1. The first-order valence-electron chi connectivity index (χ1n) is 9.26. The van der Waals surface area contributed by atoms with Gasteiger partial charge in [0.25, 0.3) is 11.6 Å². The summed E-state index contributed by atoms with van der Waals surface area (Å²) in [6, 6.07) is 11.2. The van der Waals surface area contributed by atoms with E-state index in [1.54, 1.807) is 17.6 Å². The van der Waals surface area contributed by atoms with Gasteiger partial charge in [0, 0.05) is 18.2 Å². The molecule has 160 valence electrons. The SMILES string of the molecule is CCOC(=O)Cn1c(=NC(=O)/C=C\c2ccc([N+](=O)[O-])cc2)sc2cccc(OC)c21. The number of carbonyl (C=O) groups excluding carboxylic acids is 2. The van der Waals surface area contributed by atoms with Crippen molar-refractivity contribution in [2.45, 2.75) is 13.5 Å². The molecule has 2 aromatic carbocycles. The second-order valence-electron chi connectivity index (χ2n) is 6.21. The Bertz CT molecular complexity index is 1220. The number of hydrogen-bond acceptors (Lipinski definition) is 7. The highest BCUT2D eigenvalue weighted by atomic mass is 32.1. The number of nitro groups is 1. The number of fused-ring (bicyclic) bond motifs is 1. The summed E-state index contributed by atoms with van der Waals surface area (Å²) in [7, 11) is 1.52. The van der Waals surface area contributed by atoms with Crippen LogP contribution in [0.3, 0.4) is 0 Å². The Morgan fingerprint density at radius 3 is 2.61 bits per heavy atom. The minimum absolute atomic E-state index is 0.0348. The zero-order valence-electron chi connectivity index (χ0n) is 16.8. The molecule has 1 aromatic heterocycles. The van der Waals surface area contributed by atoms with Crippen LogP contribution in [0.2, 0.25) is 0 Å². The fourth-order valence-electron chi connectivity index (χ4n) is 2.84. The molecule has 3 aromatic rings. The van der Waals surface area contributed by atoms with Crippen LogP contribution >= 0.6 is 11.3 Å². The van der Waals surface area contributed by atoms with Gasteiger partial charge in [-0.3, -0.25) is 19.7 Å². The maximum Gasteiger partial charge on any atom is 0.326 e. The summed E-state index contributed by atoms with van der Waals surface area (Å²) in [6.45, 7) is 1.83. The summed E-state index contributed by atoms with van der Waals surface area (Å²) in [5.41, 5.74) is 1.23. The van der Waals surface area contributed by atoms with Crippen LogP contribution in [0.15, 0.2) is 53.5 Å². The number of non-ortho nitro benzene ring substituents is 1. The second kappa shape index (κ2) is 9.81. The first kappa shape index (κ1) is 21.9. The number of esters is 1. The number of benzene rings is 2. The van der Waals surface area contributed by atoms with Crippen LogP contribution < -0.4 is 9.54 Å². The van der Waals surface area contributed by atoms with E-state index in [-0.39, 0.29) is 18.8 Å². The molecule has 0 saturated heterocycles. The van der Waals surface area contributed by atoms with Gasteiger partial charge in [-0.1, -0.05) is 17.4 Å². The van der Waals surface area contributed by atoms with E-state index >= 15 is 0 Å². The molecule has 0 atom stereocenters. The number of hydrogen-bond donors (Lipinski definition) is 0. The Kier molecular flexibility index (Phi) is 6.93. The smallest absolute Gasteiger partial charge is 0.326 e. The van der Waals surface area contributed by atoms with Crippen molar-refractivity contribution in [3.63, 3.8) is 0 Å². The van der Waals surface area contributed by atoms with Crippen LogP contribution in [0, 0.1) is 10.1 Å². The molecule has 9 nitrogen and oxygen atoms in total. The molecular weight excluding hydrogens is 422 g/mol. The van der Waals surface area contributed by atoms with Crippen molar-refractivity contribution < 1.29 is 24.0 Å². The number of thiazole rings is 1. The molecule has 0 aliphatic carbocycles.